The SMILES string of the molecule is CCCCCCCCCCCCCC=CC=CC(=O)O[C@H](CO)COP(=O)(O)O. The fourth-order valence-electron chi connectivity index (χ4n) is 2.74. The first-order valence-corrected chi connectivity index (χ1v) is 12.3. The van der Waals surface area contributed by atoms with Gasteiger partial charge in [0.1, 0.15) is 6.10 Å². The molecule has 0 saturated heterocycles. The quantitative estimate of drug-likeness (QED) is 0.0878. The molecular formula is C21H39O7P. The van der Waals surface area contributed by atoms with Crippen LogP contribution in [0, 0.1) is 0 Å². The maximum Gasteiger partial charge on any atom is 0.469 e. The van der Waals surface area contributed by atoms with Crippen molar-refractivity contribution in [1.82, 2.24) is 0 Å². The molecule has 0 amide bonds. The highest BCUT2D eigenvalue weighted by molar-refractivity contribution is 7.46. The lowest BCUT2D eigenvalue weighted by Crippen LogP contribution is -2.25. The fraction of sp³-hybridized carbons (Fsp3) is 0.762. The van der Waals surface area contributed by atoms with Crippen molar-refractivity contribution in [2.24, 2.45) is 0 Å². The number of aliphatic hydroxyl groups is 1. The number of ether oxygens (including phenoxy) is 1. The normalized spacial score (nSPS) is 13.4. The smallest absolute Gasteiger partial charge is 0.454 e. The Morgan fingerprint density at radius 2 is 1.48 bits per heavy atom. The van der Waals surface area contributed by atoms with Gasteiger partial charge in [-0.15, -0.1) is 0 Å². The molecule has 8 heteroatoms. The zero-order valence-electron chi connectivity index (χ0n) is 17.7. The number of carbonyl (C=O) groups excluding carboxylic acids is 1. The maximum absolute atomic E-state index is 11.6. The van der Waals surface area contributed by atoms with Gasteiger partial charge in [-0.3, -0.25) is 4.52 Å². The number of hydrogen-bond donors (Lipinski definition) is 3. The van der Waals surface area contributed by atoms with Crippen LogP contribution in [0.4, 0.5) is 0 Å². The molecule has 0 aromatic heterocycles. The molecule has 0 unspecified atom stereocenters. The van der Waals surface area contributed by atoms with Crippen molar-refractivity contribution < 1.29 is 33.5 Å². The number of allylic oxidation sites excluding steroid dienone is 3. The first-order chi connectivity index (χ1) is 13.9. The van der Waals surface area contributed by atoms with Crippen molar-refractivity contribution in [3.63, 3.8) is 0 Å². The van der Waals surface area contributed by atoms with E-state index in [1.54, 1.807) is 12.2 Å². The van der Waals surface area contributed by atoms with Gasteiger partial charge in [-0.05, 0) is 12.8 Å². The molecule has 0 heterocycles. The minimum absolute atomic E-state index is 0.574. The Morgan fingerprint density at radius 3 is 2.00 bits per heavy atom. The first-order valence-electron chi connectivity index (χ1n) is 10.7. The lowest BCUT2D eigenvalue weighted by molar-refractivity contribution is -0.147. The molecule has 0 spiro atoms. The predicted molar refractivity (Wildman–Crippen MR) is 114 cm³/mol. The third kappa shape index (κ3) is 21.5. The number of rotatable bonds is 19. The molecule has 0 aliphatic carbocycles. The molecule has 0 fully saturated rings. The van der Waals surface area contributed by atoms with Crippen LogP contribution >= 0.6 is 7.82 Å². The van der Waals surface area contributed by atoms with Crippen molar-refractivity contribution >= 4 is 13.8 Å². The highest BCUT2D eigenvalue weighted by Crippen LogP contribution is 2.35. The summed E-state index contributed by atoms with van der Waals surface area (Å²) < 4.78 is 19.6. The molecule has 1 atom stereocenters. The standard InChI is InChI=1S/C21H39O7P/c1-2-3-4-5-6-7-8-9-10-11-12-13-14-15-16-17-21(23)28-20(18-22)19-27-29(24,25)26/h14-17,20,22H,2-13,18-19H2,1H3,(H2,24,25,26)/t20-/m1/s1. The van der Waals surface area contributed by atoms with Gasteiger partial charge >= 0.3 is 13.8 Å². The molecule has 29 heavy (non-hydrogen) atoms. The lowest BCUT2D eigenvalue weighted by atomic mass is 10.1. The summed E-state index contributed by atoms with van der Waals surface area (Å²) in [5.41, 5.74) is 0. The molecule has 0 aliphatic heterocycles. The van der Waals surface area contributed by atoms with Crippen LogP contribution in [0.1, 0.15) is 84.0 Å². The van der Waals surface area contributed by atoms with Gasteiger partial charge in [-0.2, -0.15) is 0 Å². The van der Waals surface area contributed by atoms with Crippen LogP contribution in [0.5, 0.6) is 0 Å². The minimum Gasteiger partial charge on any atom is -0.454 e. The van der Waals surface area contributed by atoms with E-state index in [9.17, 15) is 9.36 Å². The van der Waals surface area contributed by atoms with E-state index in [-0.39, 0.29) is 0 Å². The Balaban J connectivity index is 3.64. The second kappa shape index (κ2) is 19.0. The van der Waals surface area contributed by atoms with Crippen LogP contribution in [-0.2, 0) is 18.6 Å². The van der Waals surface area contributed by atoms with Crippen molar-refractivity contribution in [2.45, 2.75) is 90.1 Å². The van der Waals surface area contributed by atoms with E-state index in [2.05, 4.69) is 11.4 Å². The maximum atomic E-state index is 11.6. The van der Waals surface area contributed by atoms with Crippen molar-refractivity contribution in [1.29, 1.82) is 0 Å². The van der Waals surface area contributed by atoms with Gasteiger partial charge in [0.05, 0.1) is 13.2 Å². The predicted octanol–water partition coefficient (Wildman–Crippen LogP) is 4.81. The lowest BCUT2D eigenvalue weighted by Gasteiger charge is -2.14. The summed E-state index contributed by atoms with van der Waals surface area (Å²) in [7, 11) is -4.66. The summed E-state index contributed by atoms with van der Waals surface area (Å²) in [5, 5.41) is 9.03. The molecule has 170 valence electrons. The van der Waals surface area contributed by atoms with Crippen molar-refractivity contribution in [3.8, 4) is 0 Å². The summed E-state index contributed by atoms with van der Waals surface area (Å²) in [6, 6.07) is 0. The summed E-state index contributed by atoms with van der Waals surface area (Å²) in [6.45, 7) is 1.08. The van der Waals surface area contributed by atoms with E-state index in [1.807, 2.05) is 6.08 Å². The van der Waals surface area contributed by atoms with Gasteiger partial charge in [0, 0.05) is 6.08 Å². The Hall–Kier alpha value is -0.980. The van der Waals surface area contributed by atoms with Crippen LogP contribution in [0.15, 0.2) is 24.3 Å². The summed E-state index contributed by atoms with van der Waals surface area (Å²) in [5.74, 6) is -0.710. The monoisotopic (exact) mass is 434 g/mol. The van der Waals surface area contributed by atoms with Gasteiger partial charge < -0.3 is 19.6 Å². The van der Waals surface area contributed by atoms with E-state index in [1.165, 1.54) is 70.3 Å². The van der Waals surface area contributed by atoms with Crippen molar-refractivity contribution in [2.75, 3.05) is 13.2 Å². The van der Waals surface area contributed by atoms with Crippen LogP contribution in [0.2, 0.25) is 0 Å². The number of aliphatic hydroxyl groups excluding tert-OH is 1. The molecule has 0 radical (unpaired) electrons. The van der Waals surface area contributed by atoms with E-state index in [4.69, 9.17) is 19.6 Å². The number of phosphoric acid groups is 1. The third-order valence-electron chi connectivity index (χ3n) is 4.37. The second-order valence-electron chi connectivity index (χ2n) is 7.14. The molecule has 0 aromatic carbocycles. The molecule has 7 nitrogen and oxygen atoms in total. The average molecular weight is 435 g/mol. The molecular weight excluding hydrogens is 395 g/mol. The molecule has 0 aliphatic rings. The molecule has 0 rings (SSSR count). The highest BCUT2D eigenvalue weighted by atomic mass is 31.2. The fourth-order valence-corrected chi connectivity index (χ4v) is 3.10. The number of hydrogen-bond acceptors (Lipinski definition) is 5. The number of phosphoric ester groups is 1. The number of esters is 1. The summed E-state index contributed by atoms with van der Waals surface area (Å²) in [6.07, 6.45) is 20.7. The van der Waals surface area contributed by atoms with Crippen LogP contribution in [0.3, 0.4) is 0 Å². The summed E-state index contributed by atoms with van der Waals surface area (Å²) >= 11 is 0. The zero-order valence-corrected chi connectivity index (χ0v) is 18.6. The Kier molecular flexibility index (Phi) is 18.4. The van der Waals surface area contributed by atoms with Crippen LogP contribution < -0.4 is 0 Å². The second-order valence-corrected chi connectivity index (χ2v) is 8.38. The van der Waals surface area contributed by atoms with E-state index >= 15 is 0 Å². The van der Waals surface area contributed by atoms with Gasteiger partial charge in [-0.1, -0.05) is 89.4 Å². The van der Waals surface area contributed by atoms with Crippen LogP contribution in [-0.4, -0.2) is 40.2 Å². The zero-order chi connectivity index (χ0) is 21.8. The largest absolute Gasteiger partial charge is 0.469 e. The van der Waals surface area contributed by atoms with Gasteiger partial charge in [-0.25, -0.2) is 9.36 Å². The first kappa shape index (κ1) is 28.0. The van der Waals surface area contributed by atoms with Crippen LogP contribution in [0.25, 0.3) is 0 Å². The average Bonchev–Trinajstić information content (AvgIpc) is 2.67. The number of carbonyl (C=O) groups is 1. The summed E-state index contributed by atoms with van der Waals surface area (Å²) in [4.78, 5) is 28.8. The topological polar surface area (TPSA) is 113 Å². The Bertz CT molecular complexity index is 499. The molecule has 0 aromatic rings. The molecule has 3 N–H and O–H groups in total. The number of unbranched alkanes of at least 4 members (excludes halogenated alkanes) is 11. The Labute approximate surface area is 175 Å². The molecule has 0 bridgehead atoms. The van der Waals surface area contributed by atoms with Gasteiger partial charge in [0.15, 0.2) is 0 Å². The third-order valence-corrected chi connectivity index (χ3v) is 4.85. The van der Waals surface area contributed by atoms with Gasteiger partial charge in [0.25, 0.3) is 0 Å². The Morgan fingerprint density at radius 1 is 0.931 bits per heavy atom. The highest BCUT2D eigenvalue weighted by Gasteiger charge is 2.19. The van der Waals surface area contributed by atoms with Gasteiger partial charge in [0.2, 0.25) is 0 Å². The minimum atomic E-state index is -4.66. The van der Waals surface area contributed by atoms with E-state index in [0.717, 1.165) is 12.8 Å². The van der Waals surface area contributed by atoms with E-state index < -0.39 is 33.1 Å². The molecule has 0 saturated carbocycles. The van der Waals surface area contributed by atoms with Crippen molar-refractivity contribution in [3.05, 3.63) is 24.3 Å². The van der Waals surface area contributed by atoms with E-state index in [0.29, 0.717) is 0 Å².